The molecule has 1 heterocycles. The summed E-state index contributed by atoms with van der Waals surface area (Å²) in [5.74, 6) is 0.249. The van der Waals surface area contributed by atoms with E-state index in [-0.39, 0.29) is 18.1 Å². The van der Waals surface area contributed by atoms with Gasteiger partial charge >= 0.3 is 5.97 Å². The summed E-state index contributed by atoms with van der Waals surface area (Å²) in [7, 11) is 0. The van der Waals surface area contributed by atoms with Crippen molar-refractivity contribution in [1.82, 2.24) is 4.57 Å². The molecule has 5 heteroatoms. The zero-order chi connectivity index (χ0) is 26.2. The molecule has 0 bridgehead atoms. The minimum Gasteiger partial charge on any atom is -0.482 e. The Hall–Kier alpha value is -4.12. The van der Waals surface area contributed by atoms with Crippen molar-refractivity contribution in [3.63, 3.8) is 0 Å². The number of hydrogen-bond acceptors (Lipinski definition) is 4. The molecule has 37 heavy (non-hydrogen) atoms. The summed E-state index contributed by atoms with van der Waals surface area (Å²) in [6, 6.07) is 26.0. The molecule has 4 aromatic rings. The van der Waals surface area contributed by atoms with Crippen LogP contribution in [0, 0.1) is 13.8 Å². The van der Waals surface area contributed by atoms with E-state index in [4.69, 9.17) is 9.47 Å². The summed E-state index contributed by atoms with van der Waals surface area (Å²) < 4.78 is 12.2. The number of pyridine rings is 1. The Labute approximate surface area is 218 Å². The number of carbonyl (C=O) groups is 1. The Morgan fingerprint density at radius 3 is 2.43 bits per heavy atom. The first-order valence-corrected chi connectivity index (χ1v) is 12.7. The number of carbonyl (C=O) groups excluding carboxylic acids is 1. The number of aryl methyl sites for hydroxylation is 3. The highest BCUT2D eigenvalue weighted by molar-refractivity contribution is 5.84. The molecule has 5 nitrogen and oxygen atoms in total. The summed E-state index contributed by atoms with van der Waals surface area (Å²) in [5, 5.41) is 0. The second-order valence-electron chi connectivity index (χ2n) is 9.09. The predicted octanol–water partition coefficient (Wildman–Crippen LogP) is 6.37. The maximum absolute atomic E-state index is 12.7. The van der Waals surface area contributed by atoms with Crippen LogP contribution in [0.5, 0.6) is 5.75 Å². The highest BCUT2D eigenvalue weighted by atomic mass is 16.6. The summed E-state index contributed by atoms with van der Waals surface area (Å²) >= 11 is 0. The van der Waals surface area contributed by atoms with Crippen LogP contribution in [0.2, 0.25) is 0 Å². The molecule has 190 valence electrons. The first kappa shape index (κ1) is 26.0. The lowest BCUT2D eigenvalue weighted by molar-refractivity contribution is -0.145. The van der Waals surface area contributed by atoms with E-state index in [0.29, 0.717) is 18.9 Å². The van der Waals surface area contributed by atoms with Crippen LogP contribution in [0.1, 0.15) is 30.0 Å². The minimum atomic E-state index is -0.383. The van der Waals surface area contributed by atoms with Crippen LogP contribution in [-0.4, -0.2) is 23.8 Å². The van der Waals surface area contributed by atoms with Gasteiger partial charge < -0.3 is 14.0 Å². The third-order valence-electron chi connectivity index (χ3n) is 6.54. The van der Waals surface area contributed by atoms with E-state index < -0.39 is 0 Å². The lowest BCUT2D eigenvalue weighted by atomic mass is 9.91. The number of ether oxygens (including phenoxy) is 2. The van der Waals surface area contributed by atoms with E-state index in [1.54, 1.807) is 17.6 Å². The van der Waals surface area contributed by atoms with E-state index in [1.165, 1.54) is 16.7 Å². The molecule has 0 aliphatic rings. The number of rotatable bonds is 10. The summed E-state index contributed by atoms with van der Waals surface area (Å²) in [6.45, 7) is 6.88. The van der Waals surface area contributed by atoms with Crippen LogP contribution in [0.15, 0.2) is 89.9 Å². The maximum Gasteiger partial charge on any atom is 0.344 e. The molecule has 0 fully saturated rings. The predicted molar refractivity (Wildman–Crippen MR) is 148 cm³/mol. The molecule has 0 aliphatic heterocycles. The average Bonchev–Trinajstić information content (AvgIpc) is 2.91. The van der Waals surface area contributed by atoms with Gasteiger partial charge in [0.15, 0.2) is 6.61 Å². The Morgan fingerprint density at radius 1 is 0.865 bits per heavy atom. The molecular formula is C32H33NO4. The fourth-order valence-electron chi connectivity index (χ4n) is 4.47. The highest BCUT2D eigenvalue weighted by Gasteiger charge is 2.11. The van der Waals surface area contributed by atoms with Gasteiger partial charge in [0.2, 0.25) is 0 Å². The molecule has 0 saturated carbocycles. The third kappa shape index (κ3) is 6.56. The highest BCUT2D eigenvalue weighted by Crippen LogP contribution is 2.34. The van der Waals surface area contributed by atoms with Gasteiger partial charge in [-0.2, -0.15) is 0 Å². The topological polar surface area (TPSA) is 57.5 Å². The molecule has 3 aromatic carbocycles. The Bertz CT molecular complexity index is 1440. The smallest absolute Gasteiger partial charge is 0.344 e. The second-order valence-corrected chi connectivity index (χ2v) is 9.09. The lowest BCUT2D eigenvalue weighted by Crippen LogP contribution is -2.19. The van der Waals surface area contributed by atoms with Crippen LogP contribution in [0.25, 0.3) is 22.3 Å². The van der Waals surface area contributed by atoms with Crippen molar-refractivity contribution in [3.8, 4) is 28.0 Å². The van der Waals surface area contributed by atoms with Gasteiger partial charge in [-0.3, -0.25) is 4.79 Å². The van der Waals surface area contributed by atoms with Crippen LogP contribution in [-0.2, 0) is 22.5 Å². The Balaban J connectivity index is 1.48. The number of hydrogen-bond donors (Lipinski definition) is 0. The lowest BCUT2D eigenvalue weighted by Gasteiger charge is -2.15. The van der Waals surface area contributed by atoms with Crippen molar-refractivity contribution in [2.75, 3.05) is 13.2 Å². The summed E-state index contributed by atoms with van der Waals surface area (Å²) in [5.41, 5.74) is 8.09. The summed E-state index contributed by atoms with van der Waals surface area (Å²) in [6.07, 6.45) is 3.54. The first-order valence-electron chi connectivity index (χ1n) is 12.7. The Kier molecular flexibility index (Phi) is 8.57. The van der Waals surface area contributed by atoms with Crippen molar-refractivity contribution in [2.24, 2.45) is 0 Å². The van der Waals surface area contributed by atoms with E-state index in [1.807, 2.05) is 42.6 Å². The molecular weight excluding hydrogens is 462 g/mol. The molecule has 0 radical (unpaired) electrons. The van der Waals surface area contributed by atoms with E-state index in [9.17, 15) is 9.59 Å². The largest absolute Gasteiger partial charge is 0.482 e. The van der Waals surface area contributed by atoms with E-state index in [2.05, 4.69) is 50.2 Å². The molecule has 0 unspecified atom stereocenters. The van der Waals surface area contributed by atoms with Crippen molar-refractivity contribution in [2.45, 2.75) is 40.2 Å². The Morgan fingerprint density at radius 2 is 1.62 bits per heavy atom. The number of nitrogens with zero attached hydrogens (tertiary/aromatic N) is 1. The van der Waals surface area contributed by atoms with E-state index >= 15 is 0 Å². The van der Waals surface area contributed by atoms with Gasteiger partial charge in [-0.15, -0.1) is 0 Å². The SMILES string of the molecule is CCOC(=O)COc1cccc(CCCn2cc(-c3ccccc3-c3cccc(C)c3C)ccc2=O)c1. The maximum atomic E-state index is 12.7. The molecule has 0 aliphatic carbocycles. The molecule has 0 atom stereocenters. The number of aromatic nitrogens is 1. The second kappa shape index (κ2) is 12.2. The van der Waals surface area contributed by atoms with Crippen LogP contribution in [0.3, 0.4) is 0 Å². The standard InChI is InChI=1S/C32H33NO4/c1-4-36-32(35)22-37-27-13-8-11-25(20-27)12-9-19-33-21-26(17-18-31(33)34)29-14-5-6-15-30(29)28-16-7-10-23(2)24(28)3/h5-8,10-11,13-18,20-21H,4,9,12,19,22H2,1-3H3. The van der Waals surface area contributed by atoms with Crippen molar-refractivity contribution >= 4 is 5.97 Å². The van der Waals surface area contributed by atoms with Gasteiger partial charge in [0.05, 0.1) is 6.61 Å². The van der Waals surface area contributed by atoms with E-state index in [0.717, 1.165) is 35.1 Å². The van der Waals surface area contributed by atoms with Crippen LogP contribution >= 0.6 is 0 Å². The van der Waals surface area contributed by atoms with Crippen LogP contribution < -0.4 is 10.3 Å². The van der Waals surface area contributed by atoms with Gasteiger partial charge in [-0.1, -0.05) is 54.6 Å². The van der Waals surface area contributed by atoms with Crippen molar-refractivity contribution in [1.29, 1.82) is 0 Å². The normalized spacial score (nSPS) is 10.8. The van der Waals surface area contributed by atoms with Crippen molar-refractivity contribution < 1.29 is 14.3 Å². The van der Waals surface area contributed by atoms with Crippen LogP contribution in [0.4, 0.5) is 0 Å². The number of benzene rings is 3. The first-order chi connectivity index (χ1) is 18.0. The van der Waals surface area contributed by atoms with Gasteiger partial charge in [0, 0.05) is 18.8 Å². The van der Waals surface area contributed by atoms with Gasteiger partial charge in [0.1, 0.15) is 5.75 Å². The molecule has 0 N–H and O–H groups in total. The zero-order valence-corrected chi connectivity index (χ0v) is 21.7. The fourth-order valence-corrected chi connectivity index (χ4v) is 4.47. The monoisotopic (exact) mass is 495 g/mol. The molecule has 0 amide bonds. The third-order valence-corrected chi connectivity index (χ3v) is 6.54. The van der Waals surface area contributed by atoms with Gasteiger partial charge in [-0.05, 0) is 90.8 Å². The quantitative estimate of drug-likeness (QED) is 0.240. The van der Waals surface area contributed by atoms with Crippen molar-refractivity contribution in [3.05, 3.63) is 112 Å². The van der Waals surface area contributed by atoms with Gasteiger partial charge in [0.25, 0.3) is 5.56 Å². The number of esters is 1. The fraction of sp³-hybridized carbons (Fsp3) is 0.250. The average molecular weight is 496 g/mol. The molecule has 0 saturated heterocycles. The van der Waals surface area contributed by atoms with Gasteiger partial charge in [-0.25, -0.2) is 4.79 Å². The molecule has 4 rings (SSSR count). The summed E-state index contributed by atoms with van der Waals surface area (Å²) in [4.78, 5) is 24.2. The zero-order valence-electron chi connectivity index (χ0n) is 21.7. The molecule has 0 spiro atoms. The minimum absolute atomic E-state index is 0.0144. The molecule has 1 aromatic heterocycles.